The maximum Gasteiger partial charge on any atom is 0.149 e. The van der Waals surface area contributed by atoms with Crippen LogP contribution in [0, 0.1) is 13.8 Å². The average molecular weight is 288 g/mol. The Labute approximate surface area is 125 Å². The molecule has 1 unspecified atom stereocenters. The lowest BCUT2D eigenvalue weighted by Crippen LogP contribution is -2.25. The van der Waals surface area contributed by atoms with Gasteiger partial charge in [-0.2, -0.15) is 5.10 Å². The molecule has 0 spiro atoms. The first-order valence-corrected chi connectivity index (χ1v) is 7.72. The lowest BCUT2D eigenvalue weighted by molar-refractivity contribution is 0.235. The fraction of sp³-hybridized carbons (Fsp3) is 0.667. The molecule has 1 saturated heterocycles. The van der Waals surface area contributed by atoms with E-state index in [0.717, 1.165) is 37.6 Å². The molecule has 0 bridgehead atoms. The second kappa shape index (κ2) is 5.60. The number of rotatable bonds is 4. The molecule has 1 atom stereocenters. The third-order valence-electron chi connectivity index (χ3n) is 4.60. The van der Waals surface area contributed by atoms with Gasteiger partial charge >= 0.3 is 0 Å². The summed E-state index contributed by atoms with van der Waals surface area (Å²) in [6.07, 6.45) is 4.17. The summed E-state index contributed by atoms with van der Waals surface area (Å²) < 4.78 is 4.14. The van der Waals surface area contributed by atoms with E-state index in [1.807, 2.05) is 11.6 Å². The van der Waals surface area contributed by atoms with Crippen molar-refractivity contribution in [3.05, 3.63) is 29.1 Å². The molecular formula is C15H24N6. The van der Waals surface area contributed by atoms with Crippen molar-refractivity contribution >= 4 is 0 Å². The normalized spacial score (nSPS) is 19.5. The molecule has 6 heteroatoms. The quantitative estimate of drug-likeness (QED) is 0.863. The lowest BCUT2D eigenvalue weighted by atomic mass is 10.1. The van der Waals surface area contributed by atoms with E-state index in [9.17, 15) is 0 Å². The Morgan fingerprint density at radius 3 is 2.76 bits per heavy atom. The summed E-state index contributed by atoms with van der Waals surface area (Å²) in [5, 5.41) is 13.0. The predicted molar refractivity (Wildman–Crippen MR) is 80.8 cm³/mol. The summed E-state index contributed by atoms with van der Waals surface area (Å²) in [4.78, 5) is 2.51. The van der Waals surface area contributed by atoms with Gasteiger partial charge < -0.3 is 4.57 Å². The second-order valence-electron chi connectivity index (χ2n) is 5.89. The molecule has 0 aromatic carbocycles. The smallest absolute Gasteiger partial charge is 0.149 e. The van der Waals surface area contributed by atoms with Gasteiger partial charge in [-0.3, -0.25) is 9.58 Å². The SMILES string of the molecule is CCn1nc(C)c(CN2CCCC2c2nncn2C)c1C. The van der Waals surface area contributed by atoms with E-state index in [1.165, 1.54) is 17.7 Å². The zero-order chi connectivity index (χ0) is 15.0. The highest BCUT2D eigenvalue weighted by Crippen LogP contribution is 2.32. The first-order valence-electron chi connectivity index (χ1n) is 7.72. The van der Waals surface area contributed by atoms with Gasteiger partial charge in [0.2, 0.25) is 0 Å². The van der Waals surface area contributed by atoms with Crippen LogP contribution in [0.5, 0.6) is 0 Å². The lowest BCUT2D eigenvalue weighted by Gasteiger charge is -2.23. The Kier molecular flexibility index (Phi) is 3.80. The van der Waals surface area contributed by atoms with Crippen LogP contribution in [0.4, 0.5) is 0 Å². The van der Waals surface area contributed by atoms with Crippen LogP contribution < -0.4 is 0 Å². The second-order valence-corrected chi connectivity index (χ2v) is 5.89. The summed E-state index contributed by atoms with van der Waals surface area (Å²) in [6.45, 7) is 9.43. The third-order valence-corrected chi connectivity index (χ3v) is 4.60. The zero-order valence-electron chi connectivity index (χ0n) is 13.4. The number of hydrogen-bond donors (Lipinski definition) is 0. The molecule has 1 aliphatic heterocycles. The number of hydrogen-bond acceptors (Lipinski definition) is 4. The van der Waals surface area contributed by atoms with E-state index in [1.54, 1.807) is 6.33 Å². The van der Waals surface area contributed by atoms with Crippen molar-refractivity contribution in [3.8, 4) is 0 Å². The van der Waals surface area contributed by atoms with Gasteiger partial charge in [0.1, 0.15) is 12.2 Å². The topological polar surface area (TPSA) is 51.8 Å². The molecule has 2 aromatic heterocycles. The molecule has 0 amide bonds. The van der Waals surface area contributed by atoms with Gasteiger partial charge in [-0.05, 0) is 40.2 Å². The average Bonchev–Trinajstić information content (AvgIpc) is 3.14. The van der Waals surface area contributed by atoms with E-state index in [2.05, 4.69) is 45.6 Å². The van der Waals surface area contributed by atoms with Crippen molar-refractivity contribution in [1.82, 2.24) is 29.4 Å². The monoisotopic (exact) mass is 288 g/mol. The summed E-state index contributed by atoms with van der Waals surface area (Å²) in [5.74, 6) is 1.07. The minimum Gasteiger partial charge on any atom is -0.319 e. The molecule has 1 fully saturated rings. The molecule has 0 N–H and O–H groups in total. The number of likely N-dealkylation sites (tertiary alicyclic amines) is 1. The van der Waals surface area contributed by atoms with Gasteiger partial charge in [-0.15, -0.1) is 10.2 Å². The minimum absolute atomic E-state index is 0.376. The Hall–Kier alpha value is -1.69. The fourth-order valence-corrected chi connectivity index (χ4v) is 3.38. The highest BCUT2D eigenvalue weighted by atomic mass is 15.3. The van der Waals surface area contributed by atoms with Crippen molar-refractivity contribution < 1.29 is 0 Å². The van der Waals surface area contributed by atoms with Crippen molar-refractivity contribution in [2.75, 3.05) is 6.54 Å². The molecule has 6 nitrogen and oxygen atoms in total. The number of nitrogens with zero attached hydrogens (tertiary/aromatic N) is 6. The number of aryl methyl sites for hydroxylation is 3. The molecule has 0 aliphatic carbocycles. The van der Waals surface area contributed by atoms with Crippen molar-refractivity contribution in [2.24, 2.45) is 7.05 Å². The van der Waals surface area contributed by atoms with Crippen LogP contribution in [0.25, 0.3) is 0 Å². The molecular weight excluding hydrogens is 264 g/mol. The van der Waals surface area contributed by atoms with Crippen LogP contribution in [0.15, 0.2) is 6.33 Å². The first kappa shape index (κ1) is 14.3. The molecule has 2 aromatic rings. The Balaban J connectivity index is 1.84. The highest BCUT2D eigenvalue weighted by molar-refractivity contribution is 5.25. The zero-order valence-corrected chi connectivity index (χ0v) is 13.4. The van der Waals surface area contributed by atoms with Crippen molar-refractivity contribution in [3.63, 3.8) is 0 Å². The van der Waals surface area contributed by atoms with E-state index in [4.69, 9.17) is 0 Å². The molecule has 0 radical (unpaired) electrons. The fourth-order valence-electron chi connectivity index (χ4n) is 3.38. The van der Waals surface area contributed by atoms with Gasteiger partial charge in [0.15, 0.2) is 0 Å². The molecule has 3 rings (SSSR count). The van der Waals surface area contributed by atoms with Gasteiger partial charge in [-0.1, -0.05) is 0 Å². The van der Waals surface area contributed by atoms with Gasteiger partial charge in [0.05, 0.1) is 11.7 Å². The van der Waals surface area contributed by atoms with Gasteiger partial charge in [0, 0.05) is 31.4 Å². The van der Waals surface area contributed by atoms with E-state index in [0.29, 0.717) is 6.04 Å². The standard InChI is InChI=1S/C15H24N6/c1-5-21-12(3)13(11(2)18-21)9-20-8-6-7-14(20)15-17-16-10-19(15)4/h10,14H,5-9H2,1-4H3. The van der Waals surface area contributed by atoms with Crippen molar-refractivity contribution in [1.29, 1.82) is 0 Å². The molecule has 1 aliphatic rings. The Morgan fingerprint density at radius 2 is 2.14 bits per heavy atom. The largest absolute Gasteiger partial charge is 0.319 e. The molecule has 114 valence electrons. The van der Waals surface area contributed by atoms with Gasteiger partial charge in [0.25, 0.3) is 0 Å². The first-order chi connectivity index (χ1) is 10.1. The van der Waals surface area contributed by atoms with Crippen LogP contribution in [-0.2, 0) is 20.1 Å². The van der Waals surface area contributed by atoms with E-state index in [-0.39, 0.29) is 0 Å². The van der Waals surface area contributed by atoms with Crippen LogP contribution in [0.3, 0.4) is 0 Å². The van der Waals surface area contributed by atoms with Crippen LogP contribution in [-0.4, -0.2) is 36.0 Å². The molecule has 0 saturated carbocycles. The maximum atomic E-state index is 4.63. The van der Waals surface area contributed by atoms with Crippen LogP contribution in [0.2, 0.25) is 0 Å². The summed E-state index contributed by atoms with van der Waals surface area (Å²) >= 11 is 0. The highest BCUT2D eigenvalue weighted by Gasteiger charge is 2.30. The summed E-state index contributed by atoms with van der Waals surface area (Å²) in [6, 6.07) is 0.376. The predicted octanol–water partition coefficient (Wildman–Crippen LogP) is 1.99. The summed E-state index contributed by atoms with van der Waals surface area (Å²) in [5.41, 5.74) is 3.81. The minimum atomic E-state index is 0.376. The summed E-state index contributed by atoms with van der Waals surface area (Å²) in [7, 11) is 2.03. The molecule has 21 heavy (non-hydrogen) atoms. The van der Waals surface area contributed by atoms with Gasteiger partial charge in [-0.25, -0.2) is 0 Å². The number of aromatic nitrogens is 5. The van der Waals surface area contributed by atoms with Crippen molar-refractivity contribution in [2.45, 2.75) is 52.7 Å². The van der Waals surface area contributed by atoms with Crippen LogP contribution in [0.1, 0.15) is 48.6 Å². The van der Waals surface area contributed by atoms with Crippen LogP contribution >= 0.6 is 0 Å². The Morgan fingerprint density at radius 1 is 1.33 bits per heavy atom. The molecule has 3 heterocycles. The maximum absolute atomic E-state index is 4.63. The third kappa shape index (κ3) is 2.48. The Bertz CT molecular complexity index is 626. The van der Waals surface area contributed by atoms with E-state index >= 15 is 0 Å². The van der Waals surface area contributed by atoms with E-state index < -0.39 is 0 Å².